The molecular weight excluding hydrogens is 402 g/mol. The Hall–Kier alpha value is -3.68. The van der Waals surface area contributed by atoms with Gasteiger partial charge in [-0.2, -0.15) is 0 Å². The van der Waals surface area contributed by atoms with Crippen LogP contribution in [0.4, 0.5) is 0 Å². The van der Waals surface area contributed by atoms with Gasteiger partial charge in [-0.25, -0.2) is 0 Å². The molecule has 0 saturated carbocycles. The van der Waals surface area contributed by atoms with Crippen molar-refractivity contribution in [3.8, 4) is 17.2 Å². The molecule has 2 aromatic carbocycles. The monoisotopic (exact) mass is 427 g/mol. The second kappa shape index (κ2) is 9.88. The lowest BCUT2D eigenvalue weighted by Crippen LogP contribution is -2.36. The van der Waals surface area contributed by atoms with Crippen LogP contribution in [0.1, 0.15) is 11.1 Å². The molecule has 0 unspecified atom stereocenters. The van der Waals surface area contributed by atoms with Crippen molar-refractivity contribution in [3.05, 3.63) is 53.8 Å². The molecule has 0 N–H and O–H groups in total. The summed E-state index contributed by atoms with van der Waals surface area (Å²) in [4.78, 5) is 26.5. The number of amides is 1. The molecule has 0 aliphatic rings. The van der Waals surface area contributed by atoms with E-state index in [9.17, 15) is 9.59 Å². The summed E-state index contributed by atoms with van der Waals surface area (Å²) in [7, 11) is 5.97. The number of ether oxygens (including phenoxy) is 4. The Kier molecular flexibility index (Phi) is 7.02. The summed E-state index contributed by atoms with van der Waals surface area (Å²) in [6, 6.07) is 10.7. The maximum Gasteiger partial charge on any atom is 0.325 e. The van der Waals surface area contributed by atoms with Crippen molar-refractivity contribution < 1.29 is 33.0 Å². The fourth-order valence-electron chi connectivity index (χ4n) is 3.23. The SMILES string of the molecule is COC(=O)CN(Cc1cc(OC)cc(OC)c1)C(=O)Cc1coc2cc(OC)ccc12. The summed E-state index contributed by atoms with van der Waals surface area (Å²) in [6.45, 7) is 0.00354. The maximum absolute atomic E-state index is 13.1. The zero-order chi connectivity index (χ0) is 22.4. The predicted molar refractivity (Wildman–Crippen MR) is 113 cm³/mol. The molecule has 0 aliphatic carbocycles. The van der Waals surface area contributed by atoms with Crippen LogP contribution in [-0.4, -0.2) is 51.8 Å². The van der Waals surface area contributed by atoms with E-state index in [0.29, 0.717) is 22.8 Å². The molecule has 1 heterocycles. The number of esters is 1. The summed E-state index contributed by atoms with van der Waals surface area (Å²) in [6.07, 6.45) is 1.62. The van der Waals surface area contributed by atoms with Crippen molar-refractivity contribution >= 4 is 22.8 Å². The second-order valence-corrected chi connectivity index (χ2v) is 6.85. The van der Waals surface area contributed by atoms with Gasteiger partial charge in [-0.3, -0.25) is 9.59 Å². The quantitative estimate of drug-likeness (QED) is 0.485. The number of nitrogens with zero attached hydrogens (tertiary/aromatic N) is 1. The van der Waals surface area contributed by atoms with Crippen molar-refractivity contribution in [3.63, 3.8) is 0 Å². The molecule has 0 saturated heterocycles. The highest BCUT2D eigenvalue weighted by Crippen LogP contribution is 2.27. The van der Waals surface area contributed by atoms with Gasteiger partial charge >= 0.3 is 5.97 Å². The topological polar surface area (TPSA) is 87.4 Å². The van der Waals surface area contributed by atoms with Crippen LogP contribution < -0.4 is 14.2 Å². The van der Waals surface area contributed by atoms with Gasteiger partial charge in [-0.05, 0) is 29.8 Å². The maximum atomic E-state index is 13.1. The lowest BCUT2D eigenvalue weighted by molar-refractivity contribution is -0.147. The first kappa shape index (κ1) is 22.0. The van der Waals surface area contributed by atoms with E-state index in [1.54, 1.807) is 57.9 Å². The van der Waals surface area contributed by atoms with Crippen molar-refractivity contribution in [2.24, 2.45) is 0 Å². The molecule has 0 fully saturated rings. The molecule has 0 spiro atoms. The fraction of sp³-hybridized carbons (Fsp3) is 0.304. The van der Waals surface area contributed by atoms with Gasteiger partial charge in [0, 0.05) is 29.6 Å². The molecule has 3 rings (SSSR count). The molecule has 1 amide bonds. The van der Waals surface area contributed by atoms with Gasteiger partial charge in [0.2, 0.25) is 5.91 Å². The van der Waals surface area contributed by atoms with Gasteiger partial charge in [-0.1, -0.05) is 0 Å². The smallest absolute Gasteiger partial charge is 0.325 e. The Morgan fingerprint density at radius 2 is 1.58 bits per heavy atom. The zero-order valence-corrected chi connectivity index (χ0v) is 18.0. The standard InChI is InChI=1S/C23H25NO7/c1-27-17-5-6-20-16(14-31-21(20)11-17)9-22(25)24(13-23(26)30-4)12-15-7-18(28-2)10-19(8-15)29-3/h5-8,10-11,14H,9,12-13H2,1-4H3. The number of methoxy groups -OCH3 is 4. The van der Waals surface area contributed by atoms with Crippen LogP contribution in [0.15, 0.2) is 47.1 Å². The second-order valence-electron chi connectivity index (χ2n) is 6.85. The minimum atomic E-state index is -0.509. The van der Waals surface area contributed by atoms with Crippen LogP contribution in [-0.2, 0) is 27.3 Å². The number of benzene rings is 2. The molecule has 0 aliphatic heterocycles. The average Bonchev–Trinajstić information content (AvgIpc) is 3.19. The van der Waals surface area contributed by atoms with Crippen molar-refractivity contribution in [2.75, 3.05) is 35.0 Å². The molecule has 164 valence electrons. The lowest BCUT2D eigenvalue weighted by Gasteiger charge is -2.22. The molecule has 31 heavy (non-hydrogen) atoms. The van der Waals surface area contributed by atoms with E-state index in [0.717, 1.165) is 16.5 Å². The number of fused-ring (bicyclic) bond motifs is 1. The molecule has 8 nitrogen and oxygen atoms in total. The van der Waals surface area contributed by atoms with E-state index in [2.05, 4.69) is 0 Å². The first-order valence-corrected chi connectivity index (χ1v) is 9.58. The Bertz CT molecular complexity index is 1050. The van der Waals surface area contributed by atoms with Gasteiger partial charge in [0.15, 0.2) is 0 Å². The van der Waals surface area contributed by atoms with Crippen LogP contribution in [0, 0.1) is 0 Å². The number of hydrogen-bond donors (Lipinski definition) is 0. The number of carbonyl (C=O) groups is 2. The largest absolute Gasteiger partial charge is 0.497 e. The Labute approximate surface area is 180 Å². The van der Waals surface area contributed by atoms with E-state index in [1.807, 2.05) is 6.07 Å². The molecule has 3 aromatic rings. The Morgan fingerprint density at radius 1 is 0.903 bits per heavy atom. The van der Waals surface area contributed by atoms with Crippen LogP contribution >= 0.6 is 0 Å². The third-order valence-electron chi connectivity index (χ3n) is 4.89. The third-order valence-corrected chi connectivity index (χ3v) is 4.89. The molecular formula is C23H25NO7. The number of furan rings is 1. The lowest BCUT2D eigenvalue weighted by atomic mass is 10.1. The first-order valence-electron chi connectivity index (χ1n) is 9.58. The minimum absolute atomic E-state index is 0.0669. The minimum Gasteiger partial charge on any atom is -0.497 e. The van der Waals surface area contributed by atoms with Crippen molar-refractivity contribution in [2.45, 2.75) is 13.0 Å². The highest BCUT2D eigenvalue weighted by Gasteiger charge is 2.21. The fourth-order valence-corrected chi connectivity index (χ4v) is 3.23. The number of carbonyl (C=O) groups excluding carboxylic acids is 2. The Morgan fingerprint density at radius 3 is 2.19 bits per heavy atom. The van der Waals surface area contributed by atoms with E-state index >= 15 is 0 Å². The van der Waals surface area contributed by atoms with Crippen LogP contribution in [0.25, 0.3) is 11.0 Å². The van der Waals surface area contributed by atoms with Gasteiger partial charge in [0.1, 0.15) is 29.4 Å². The third kappa shape index (κ3) is 5.28. The van der Waals surface area contributed by atoms with Gasteiger partial charge < -0.3 is 28.3 Å². The highest BCUT2D eigenvalue weighted by atomic mass is 16.5. The van der Waals surface area contributed by atoms with E-state index in [-0.39, 0.29) is 25.4 Å². The summed E-state index contributed by atoms with van der Waals surface area (Å²) in [5.41, 5.74) is 2.11. The number of hydrogen-bond acceptors (Lipinski definition) is 7. The van der Waals surface area contributed by atoms with Crippen LogP contribution in [0.5, 0.6) is 17.2 Å². The van der Waals surface area contributed by atoms with Gasteiger partial charge in [0.05, 0.1) is 41.1 Å². The van der Waals surface area contributed by atoms with Crippen molar-refractivity contribution in [1.82, 2.24) is 4.90 Å². The predicted octanol–water partition coefficient (Wildman–Crippen LogP) is 3.20. The van der Waals surface area contributed by atoms with E-state index in [4.69, 9.17) is 23.4 Å². The molecule has 1 aromatic heterocycles. The molecule has 0 atom stereocenters. The molecule has 8 heteroatoms. The molecule has 0 radical (unpaired) electrons. The van der Waals surface area contributed by atoms with E-state index < -0.39 is 5.97 Å². The average molecular weight is 427 g/mol. The first-order chi connectivity index (χ1) is 15.0. The molecule has 0 bridgehead atoms. The summed E-state index contributed by atoms with van der Waals surface area (Å²) in [5, 5.41) is 0.815. The number of rotatable bonds is 9. The van der Waals surface area contributed by atoms with Crippen LogP contribution in [0.3, 0.4) is 0 Å². The Balaban J connectivity index is 1.85. The van der Waals surface area contributed by atoms with E-state index in [1.165, 1.54) is 12.0 Å². The summed E-state index contributed by atoms with van der Waals surface area (Å²) >= 11 is 0. The van der Waals surface area contributed by atoms with Gasteiger partial charge in [0.25, 0.3) is 0 Å². The highest BCUT2D eigenvalue weighted by molar-refractivity contribution is 5.89. The summed E-state index contributed by atoms with van der Waals surface area (Å²) in [5.74, 6) is 1.10. The van der Waals surface area contributed by atoms with Crippen molar-refractivity contribution in [1.29, 1.82) is 0 Å². The van der Waals surface area contributed by atoms with Gasteiger partial charge in [-0.15, -0.1) is 0 Å². The summed E-state index contributed by atoms with van der Waals surface area (Å²) < 4.78 is 26.1. The van der Waals surface area contributed by atoms with Crippen LogP contribution in [0.2, 0.25) is 0 Å². The normalized spacial score (nSPS) is 10.6. The zero-order valence-electron chi connectivity index (χ0n) is 18.0.